The van der Waals surface area contributed by atoms with Crippen molar-refractivity contribution in [3.05, 3.63) is 17.0 Å². The van der Waals surface area contributed by atoms with Gasteiger partial charge in [0, 0.05) is 17.7 Å². The molecule has 0 atom stereocenters. The third-order valence-corrected chi connectivity index (χ3v) is 2.44. The summed E-state index contributed by atoms with van der Waals surface area (Å²) < 4.78 is 2.12. The van der Waals surface area contributed by atoms with Crippen LogP contribution in [0, 0.1) is 13.8 Å². The highest BCUT2D eigenvalue weighted by atomic mass is 15.3. The van der Waals surface area contributed by atoms with Gasteiger partial charge in [-0.15, -0.1) is 0 Å². The lowest BCUT2D eigenvalue weighted by Gasteiger charge is -2.21. The predicted molar refractivity (Wildman–Crippen MR) is 67.4 cm³/mol. The molecule has 0 spiro atoms. The molecule has 0 saturated heterocycles. The highest BCUT2D eigenvalue weighted by molar-refractivity contribution is 5.29. The van der Waals surface area contributed by atoms with Gasteiger partial charge in [-0.3, -0.25) is 4.68 Å². The van der Waals surface area contributed by atoms with Crippen molar-refractivity contribution in [1.29, 1.82) is 0 Å². The maximum absolute atomic E-state index is 4.51. The summed E-state index contributed by atoms with van der Waals surface area (Å²) in [6.07, 6.45) is 0. The molecule has 1 heterocycles. The van der Waals surface area contributed by atoms with E-state index in [2.05, 4.69) is 51.3 Å². The minimum atomic E-state index is 0.196. The van der Waals surface area contributed by atoms with Crippen LogP contribution in [0.2, 0.25) is 0 Å². The van der Waals surface area contributed by atoms with Gasteiger partial charge in [0.2, 0.25) is 0 Å². The van der Waals surface area contributed by atoms with Crippen molar-refractivity contribution in [2.45, 2.75) is 67.3 Å². The summed E-state index contributed by atoms with van der Waals surface area (Å²) >= 11 is 0. The quantitative estimate of drug-likeness (QED) is 0.688. The van der Waals surface area contributed by atoms with Gasteiger partial charge in [0.1, 0.15) is 0 Å². The van der Waals surface area contributed by atoms with Gasteiger partial charge in [-0.2, -0.15) is 5.10 Å². The predicted octanol–water partition coefficient (Wildman–Crippen LogP) is 3.84. The third-order valence-electron chi connectivity index (χ3n) is 2.44. The highest BCUT2D eigenvalue weighted by Crippen LogP contribution is 2.27. The molecule has 1 rings (SSSR count). The molecule has 0 aliphatic carbocycles. The Bertz CT molecular complexity index is 303. The van der Waals surface area contributed by atoms with Crippen molar-refractivity contribution in [2.24, 2.45) is 0 Å². The average Bonchev–Trinajstić information content (AvgIpc) is 2.45. The van der Waals surface area contributed by atoms with E-state index in [1.54, 1.807) is 0 Å². The lowest BCUT2D eigenvalue weighted by Crippen LogP contribution is -2.19. The van der Waals surface area contributed by atoms with Crippen molar-refractivity contribution in [1.82, 2.24) is 9.78 Å². The van der Waals surface area contributed by atoms with Crippen molar-refractivity contribution >= 4 is 0 Å². The summed E-state index contributed by atoms with van der Waals surface area (Å²) in [7, 11) is 0. The molecule has 0 saturated carbocycles. The number of nitrogens with zero attached hydrogens (tertiary/aromatic N) is 2. The first-order valence-electron chi connectivity index (χ1n) is 5.92. The van der Waals surface area contributed by atoms with Crippen molar-refractivity contribution < 1.29 is 0 Å². The van der Waals surface area contributed by atoms with Crippen molar-refractivity contribution in [3.63, 3.8) is 0 Å². The van der Waals surface area contributed by atoms with Crippen LogP contribution in [0.5, 0.6) is 0 Å². The van der Waals surface area contributed by atoms with E-state index in [1.165, 1.54) is 11.3 Å². The number of rotatable bonds is 1. The van der Waals surface area contributed by atoms with Crippen LogP contribution >= 0.6 is 0 Å². The van der Waals surface area contributed by atoms with Crippen LogP contribution < -0.4 is 0 Å². The second kappa shape index (κ2) is 5.34. The van der Waals surface area contributed by atoms with Crippen LogP contribution in [0.4, 0.5) is 0 Å². The molecule has 0 unspecified atom stereocenters. The molecule has 0 radical (unpaired) electrons. The normalized spacial score (nSPS) is 10.9. The fraction of sp³-hybridized carbons (Fsp3) is 0.769. The monoisotopic (exact) mass is 210 g/mol. The Labute approximate surface area is 94.7 Å². The first-order chi connectivity index (χ1) is 6.88. The molecular formula is C13H26N2. The van der Waals surface area contributed by atoms with Gasteiger partial charge in [-0.25, -0.2) is 0 Å². The second-order valence-electron chi connectivity index (χ2n) is 4.62. The first-order valence-corrected chi connectivity index (χ1v) is 5.92. The Hall–Kier alpha value is -0.790. The zero-order valence-electron chi connectivity index (χ0n) is 11.6. The molecule has 1 aromatic heterocycles. The lowest BCUT2D eigenvalue weighted by atomic mass is 9.89. The molecule has 0 aromatic carbocycles. The first kappa shape index (κ1) is 14.2. The molecule has 0 bridgehead atoms. The summed E-state index contributed by atoms with van der Waals surface area (Å²) in [4.78, 5) is 0. The van der Waals surface area contributed by atoms with Crippen LogP contribution in [-0.2, 0) is 12.0 Å². The van der Waals surface area contributed by atoms with Gasteiger partial charge < -0.3 is 0 Å². The van der Waals surface area contributed by atoms with Crippen molar-refractivity contribution in [3.8, 4) is 0 Å². The molecule has 0 fully saturated rings. The van der Waals surface area contributed by atoms with Gasteiger partial charge >= 0.3 is 0 Å². The smallest absolute Gasteiger partial charge is 0.0625 e. The molecule has 0 aliphatic heterocycles. The maximum Gasteiger partial charge on any atom is 0.0625 e. The van der Waals surface area contributed by atoms with E-state index >= 15 is 0 Å². The standard InChI is InChI=1S/C11H20N2.C2H6/c1-7-13-10(11(4,5)6)8(2)9(3)12-13;1-2/h7H2,1-6H3;1-2H3. The second-order valence-corrected chi connectivity index (χ2v) is 4.62. The van der Waals surface area contributed by atoms with Crippen LogP contribution in [-0.4, -0.2) is 9.78 Å². The third kappa shape index (κ3) is 3.08. The SMILES string of the molecule is CC.CCn1nc(C)c(C)c1C(C)(C)C. The topological polar surface area (TPSA) is 17.8 Å². The molecule has 1 aromatic rings. The molecular weight excluding hydrogens is 184 g/mol. The van der Waals surface area contributed by atoms with Gasteiger partial charge in [0.25, 0.3) is 0 Å². The van der Waals surface area contributed by atoms with Crippen LogP contribution in [0.1, 0.15) is 58.5 Å². The summed E-state index contributed by atoms with van der Waals surface area (Å²) in [5.41, 5.74) is 4.06. The molecule has 0 amide bonds. The van der Waals surface area contributed by atoms with E-state index < -0.39 is 0 Å². The molecule has 0 N–H and O–H groups in total. The van der Waals surface area contributed by atoms with E-state index in [9.17, 15) is 0 Å². The average molecular weight is 210 g/mol. The van der Waals surface area contributed by atoms with Gasteiger partial charge in [0.15, 0.2) is 0 Å². The zero-order chi connectivity index (χ0) is 12.2. The number of aromatic nitrogens is 2. The molecule has 2 heteroatoms. The molecule has 2 nitrogen and oxygen atoms in total. The van der Waals surface area contributed by atoms with Gasteiger partial charge in [-0.1, -0.05) is 34.6 Å². The summed E-state index contributed by atoms with van der Waals surface area (Å²) in [6.45, 7) is 18.1. The summed E-state index contributed by atoms with van der Waals surface area (Å²) in [5, 5.41) is 4.51. The molecule has 15 heavy (non-hydrogen) atoms. The largest absolute Gasteiger partial charge is 0.269 e. The minimum Gasteiger partial charge on any atom is -0.269 e. The maximum atomic E-state index is 4.51. The highest BCUT2D eigenvalue weighted by Gasteiger charge is 2.22. The Balaban J connectivity index is 0.000000921. The Kier molecular flexibility index (Phi) is 5.06. The lowest BCUT2D eigenvalue weighted by molar-refractivity contribution is 0.495. The van der Waals surface area contributed by atoms with Gasteiger partial charge in [0.05, 0.1) is 5.69 Å². The zero-order valence-corrected chi connectivity index (χ0v) is 11.6. The fourth-order valence-corrected chi connectivity index (χ4v) is 1.85. The Morgan fingerprint density at radius 2 is 1.60 bits per heavy atom. The Morgan fingerprint density at radius 3 is 1.87 bits per heavy atom. The molecule has 0 aliphatic rings. The fourth-order valence-electron chi connectivity index (χ4n) is 1.85. The van der Waals surface area contributed by atoms with E-state index in [0.717, 1.165) is 12.2 Å². The van der Waals surface area contributed by atoms with Crippen LogP contribution in [0.3, 0.4) is 0 Å². The summed E-state index contributed by atoms with van der Waals surface area (Å²) in [6, 6.07) is 0. The summed E-state index contributed by atoms with van der Waals surface area (Å²) in [5.74, 6) is 0. The number of hydrogen-bond donors (Lipinski definition) is 0. The molecule has 88 valence electrons. The Morgan fingerprint density at radius 1 is 1.13 bits per heavy atom. The van der Waals surface area contributed by atoms with Crippen molar-refractivity contribution in [2.75, 3.05) is 0 Å². The number of aryl methyl sites for hydroxylation is 2. The van der Waals surface area contributed by atoms with Crippen LogP contribution in [0.15, 0.2) is 0 Å². The van der Waals surface area contributed by atoms with Crippen LogP contribution in [0.25, 0.3) is 0 Å². The van der Waals surface area contributed by atoms with E-state index in [0.29, 0.717) is 0 Å². The number of hydrogen-bond acceptors (Lipinski definition) is 1. The van der Waals surface area contributed by atoms with Gasteiger partial charge in [-0.05, 0) is 26.3 Å². The van der Waals surface area contributed by atoms with E-state index in [-0.39, 0.29) is 5.41 Å². The van der Waals surface area contributed by atoms with E-state index in [1.807, 2.05) is 13.8 Å². The van der Waals surface area contributed by atoms with E-state index in [4.69, 9.17) is 0 Å². The minimum absolute atomic E-state index is 0.196.